The van der Waals surface area contributed by atoms with Crippen LogP contribution < -0.4 is 5.32 Å². The molecule has 0 aromatic carbocycles. The fourth-order valence-corrected chi connectivity index (χ4v) is 7.58. The number of aliphatic hydroxyl groups is 2. The van der Waals surface area contributed by atoms with Crippen molar-refractivity contribution in [2.45, 2.75) is 264 Å². The first-order valence-electron chi connectivity index (χ1n) is 25.6. The van der Waals surface area contributed by atoms with Gasteiger partial charge in [-0.25, -0.2) is 0 Å². The van der Waals surface area contributed by atoms with Gasteiger partial charge in [-0.3, -0.25) is 9.59 Å². The van der Waals surface area contributed by atoms with Gasteiger partial charge in [0.25, 0.3) is 0 Å². The molecule has 0 bridgehead atoms. The second kappa shape index (κ2) is 47.6. The summed E-state index contributed by atoms with van der Waals surface area (Å²) in [4.78, 5) is 26.1. The molecule has 3 N–H and O–H groups in total. The maximum absolute atomic E-state index is 13.2. The monoisotopic (exact) mass is 840 g/mol. The van der Waals surface area contributed by atoms with Crippen LogP contribution in [0.1, 0.15) is 245 Å². The summed E-state index contributed by atoms with van der Waals surface area (Å²) in [6.45, 7) is 6.38. The molecule has 3 unspecified atom stereocenters. The minimum atomic E-state index is -0.791. The van der Waals surface area contributed by atoms with Crippen LogP contribution in [-0.4, -0.2) is 46.9 Å². The number of aliphatic hydroxyl groups excluding tert-OH is 2. The second-order valence-electron chi connectivity index (χ2n) is 17.3. The Hall–Kier alpha value is -2.44. The van der Waals surface area contributed by atoms with Gasteiger partial charge in [0.2, 0.25) is 5.91 Å². The first-order valence-corrected chi connectivity index (χ1v) is 25.6. The van der Waals surface area contributed by atoms with E-state index in [0.29, 0.717) is 19.3 Å². The average molecular weight is 840 g/mol. The fraction of sp³-hybridized carbons (Fsp3) is 0.778. The molecular weight excluding hydrogens is 743 g/mol. The molecule has 0 aliphatic carbocycles. The smallest absolute Gasteiger partial charge is 0.306 e. The summed E-state index contributed by atoms with van der Waals surface area (Å²) in [5, 5.41) is 23.7. The van der Waals surface area contributed by atoms with Crippen molar-refractivity contribution in [3.8, 4) is 0 Å². The maximum Gasteiger partial charge on any atom is 0.306 e. The summed E-state index contributed by atoms with van der Waals surface area (Å²) in [5.74, 6) is -0.498. The van der Waals surface area contributed by atoms with E-state index in [2.05, 4.69) is 62.5 Å². The molecule has 0 fully saturated rings. The number of nitrogens with one attached hydrogen (secondary N) is 1. The molecule has 0 aliphatic rings. The Bertz CT molecular complexity index is 1080. The second-order valence-corrected chi connectivity index (χ2v) is 17.3. The number of ether oxygens (including phenoxy) is 1. The van der Waals surface area contributed by atoms with E-state index in [4.69, 9.17) is 4.74 Å². The summed E-state index contributed by atoms with van der Waals surface area (Å²) < 4.78 is 5.92. The molecule has 0 aromatic heterocycles. The maximum atomic E-state index is 13.2. The Labute approximate surface area is 371 Å². The number of hydrogen-bond acceptors (Lipinski definition) is 5. The lowest BCUT2D eigenvalue weighted by atomic mass is 10.0. The number of allylic oxidation sites excluding steroid dienone is 10. The number of hydrogen-bond donors (Lipinski definition) is 3. The molecule has 348 valence electrons. The average Bonchev–Trinajstić information content (AvgIpc) is 3.24. The van der Waals surface area contributed by atoms with Crippen molar-refractivity contribution in [2.24, 2.45) is 0 Å². The van der Waals surface area contributed by atoms with E-state index in [1.54, 1.807) is 0 Å². The summed E-state index contributed by atoms with van der Waals surface area (Å²) in [5.41, 5.74) is 0. The van der Waals surface area contributed by atoms with Crippen LogP contribution in [0.25, 0.3) is 0 Å². The summed E-state index contributed by atoms with van der Waals surface area (Å²) in [6, 6.07) is -0.705. The Morgan fingerprint density at radius 1 is 0.483 bits per heavy atom. The van der Waals surface area contributed by atoms with Crippen molar-refractivity contribution in [3.05, 3.63) is 60.8 Å². The van der Waals surface area contributed by atoms with E-state index >= 15 is 0 Å². The normalized spacial score (nSPS) is 13.8. The number of carbonyl (C=O) groups excluding carboxylic acids is 2. The predicted octanol–water partition coefficient (Wildman–Crippen LogP) is 15.2. The number of amides is 1. The van der Waals surface area contributed by atoms with Crippen LogP contribution in [0.3, 0.4) is 0 Å². The van der Waals surface area contributed by atoms with Gasteiger partial charge in [0.1, 0.15) is 6.10 Å². The van der Waals surface area contributed by atoms with Crippen LogP contribution in [0.15, 0.2) is 60.8 Å². The summed E-state index contributed by atoms with van der Waals surface area (Å²) in [7, 11) is 0. The lowest BCUT2D eigenvalue weighted by Gasteiger charge is -2.24. The minimum absolute atomic E-state index is 0.0677. The molecule has 0 heterocycles. The summed E-state index contributed by atoms with van der Waals surface area (Å²) in [6.07, 6.45) is 58.4. The van der Waals surface area contributed by atoms with E-state index in [1.807, 2.05) is 24.3 Å². The Morgan fingerprint density at radius 3 is 1.35 bits per heavy atom. The van der Waals surface area contributed by atoms with Crippen LogP contribution in [0.4, 0.5) is 0 Å². The van der Waals surface area contributed by atoms with Crippen molar-refractivity contribution >= 4 is 11.9 Å². The zero-order valence-electron chi connectivity index (χ0n) is 39.6. The third-order valence-electron chi connectivity index (χ3n) is 11.5. The fourth-order valence-electron chi connectivity index (χ4n) is 7.58. The Kier molecular flexibility index (Phi) is 45.7. The first kappa shape index (κ1) is 57.6. The number of rotatable bonds is 45. The van der Waals surface area contributed by atoms with Crippen LogP contribution in [0, 0.1) is 0 Å². The van der Waals surface area contributed by atoms with Gasteiger partial charge in [-0.2, -0.15) is 0 Å². The largest absolute Gasteiger partial charge is 0.462 e. The number of esters is 1. The zero-order valence-corrected chi connectivity index (χ0v) is 39.6. The van der Waals surface area contributed by atoms with Crippen molar-refractivity contribution < 1.29 is 24.5 Å². The predicted molar refractivity (Wildman–Crippen MR) is 259 cm³/mol. The van der Waals surface area contributed by atoms with Crippen molar-refractivity contribution in [1.29, 1.82) is 0 Å². The molecule has 0 aliphatic heterocycles. The Morgan fingerprint density at radius 2 is 0.883 bits per heavy atom. The van der Waals surface area contributed by atoms with Gasteiger partial charge in [0.05, 0.1) is 25.2 Å². The third kappa shape index (κ3) is 42.3. The van der Waals surface area contributed by atoms with Gasteiger partial charge >= 0.3 is 5.97 Å². The van der Waals surface area contributed by atoms with E-state index in [9.17, 15) is 19.8 Å². The van der Waals surface area contributed by atoms with Gasteiger partial charge in [-0.05, 0) is 44.9 Å². The highest BCUT2D eigenvalue weighted by Crippen LogP contribution is 2.18. The molecule has 0 rings (SSSR count). The van der Waals surface area contributed by atoms with Crippen molar-refractivity contribution in [3.63, 3.8) is 0 Å². The van der Waals surface area contributed by atoms with E-state index < -0.39 is 18.2 Å². The molecule has 60 heavy (non-hydrogen) atoms. The zero-order chi connectivity index (χ0) is 43.8. The van der Waals surface area contributed by atoms with Gasteiger partial charge < -0.3 is 20.3 Å². The molecular formula is C54H97NO5. The molecule has 0 radical (unpaired) electrons. The van der Waals surface area contributed by atoms with Crippen LogP contribution >= 0.6 is 0 Å². The molecule has 6 nitrogen and oxygen atoms in total. The van der Waals surface area contributed by atoms with E-state index in [1.165, 1.54) is 122 Å². The lowest BCUT2D eigenvalue weighted by molar-refractivity contribution is -0.151. The van der Waals surface area contributed by atoms with Crippen LogP contribution in [0.2, 0.25) is 0 Å². The molecule has 3 atom stereocenters. The molecule has 0 saturated carbocycles. The van der Waals surface area contributed by atoms with Crippen molar-refractivity contribution in [2.75, 3.05) is 6.61 Å². The minimum Gasteiger partial charge on any atom is -0.462 e. The van der Waals surface area contributed by atoms with Gasteiger partial charge in [-0.15, -0.1) is 0 Å². The highest BCUT2D eigenvalue weighted by molar-refractivity contribution is 5.77. The van der Waals surface area contributed by atoms with Crippen molar-refractivity contribution in [1.82, 2.24) is 5.32 Å². The van der Waals surface area contributed by atoms with Gasteiger partial charge in [-0.1, -0.05) is 248 Å². The topological polar surface area (TPSA) is 95.9 Å². The highest BCUT2D eigenvalue weighted by atomic mass is 16.5. The molecule has 1 amide bonds. The lowest BCUT2D eigenvalue weighted by Crippen LogP contribution is -2.46. The quantitative estimate of drug-likeness (QED) is 0.0322. The SMILES string of the molecule is CCC/C=C/C=C/C=C/C=C/C=C/CCCCCCCC(=O)OC(CCCCCCCCCCCCCCC)CC(=O)NC(CO)C(O)CCCCCCCCCCCC. The van der Waals surface area contributed by atoms with E-state index in [-0.39, 0.29) is 24.9 Å². The molecule has 0 spiro atoms. The standard InChI is InChI=1S/C54H97NO5/c1-4-7-10-13-16-19-22-24-25-26-27-28-30-32-35-38-41-44-47-54(59)60-50(45-42-39-36-33-31-29-23-20-17-14-11-8-5-2)48-53(58)55-51(49-56)52(57)46-43-40-37-34-21-18-15-12-9-6-3/h10,13,16,19,22,24-28,50-52,56-57H,4-9,11-12,14-15,17-18,20-21,23,29-49H2,1-3H3,(H,55,58)/b13-10+,19-16+,24-22+,26-25+,28-27+. The number of carbonyl (C=O) groups is 2. The molecule has 0 aromatic rings. The van der Waals surface area contributed by atoms with Crippen LogP contribution in [0.5, 0.6) is 0 Å². The first-order chi connectivity index (χ1) is 29.5. The molecule has 0 saturated heterocycles. The van der Waals surface area contributed by atoms with Crippen LogP contribution in [-0.2, 0) is 14.3 Å². The van der Waals surface area contributed by atoms with Gasteiger partial charge in [0, 0.05) is 6.42 Å². The Balaban J connectivity index is 4.61. The molecule has 6 heteroatoms. The number of unbranched alkanes of at least 4 members (excludes halogenated alkanes) is 27. The summed E-state index contributed by atoms with van der Waals surface area (Å²) >= 11 is 0. The van der Waals surface area contributed by atoms with Gasteiger partial charge in [0.15, 0.2) is 0 Å². The van der Waals surface area contributed by atoms with E-state index in [0.717, 1.165) is 77.0 Å². The third-order valence-corrected chi connectivity index (χ3v) is 11.5. The highest BCUT2D eigenvalue weighted by Gasteiger charge is 2.24.